The normalized spacial score (nSPS) is 14.8. The number of nitrogens with zero attached hydrogens (tertiary/aromatic N) is 1. The first-order valence-electron chi connectivity index (χ1n) is 11.7. The first-order chi connectivity index (χ1) is 17.5. The van der Waals surface area contributed by atoms with Crippen LogP contribution in [0.5, 0.6) is 23.0 Å². The van der Waals surface area contributed by atoms with E-state index >= 15 is 0 Å². The van der Waals surface area contributed by atoms with Crippen LogP contribution in [-0.2, 0) is 11.4 Å². The Hall–Kier alpha value is -4.20. The van der Waals surface area contributed by atoms with Gasteiger partial charge in [-0.1, -0.05) is 30.3 Å². The summed E-state index contributed by atoms with van der Waals surface area (Å²) in [5.74, 6) is 1.38. The zero-order chi connectivity index (χ0) is 25.5. The number of likely N-dealkylation sites (tertiary alicyclic amines) is 1. The molecule has 3 aromatic carbocycles. The van der Waals surface area contributed by atoms with E-state index in [4.69, 9.17) is 18.9 Å². The molecule has 0 bridgehead atoms. The van der Waals surface area contributed by atoms with Crippen molar-refractivity contribution < 1.29 is 28.5 Å². The molecule has 1 aliphatic heterocycles. The molecule has 1 unspecified atom stereocenters. The summed E-state index contributed by atoms with van der Waals surface area (Å²) >= 11 is 0. The van der Waals surface area contributed by atoms with E-state index in [9.17, 15) is 9.59 Å². The molecule has 1 aliphatic rings. The Labute approximate surface area is 210 Å². The Morgan fingerprint density at radius 2 is 1.58 bits per heavy atom. The number of hydrogen-bond donors (Lipinski definition) is 1. The van der Waals surface area contributed by atoms with Crippen LogP contribution in [0.15, 0.2) is 66.7 Å². The van der Waals surface area contributed by atoms with Crippen LogP contribution in [0.1, 0.15) is 28.8 Å². The van der Waals surface area contributed by atoms with Crippen molar-refractivity contribution in [2.24, 2.45) is 0 Å². The second-order valence-electron chi connectivity index (χ2n) is 8.36. The van der Waals surface area contributed by atoms with Crippen LogP contribution < -0.4 is 24.3 Å². The first-order valence-corrected chi connectivity index (χ1v) is 11.7. The highest BCUT2D eigenvalue weighted by Crippen LogP contribution is 2.40. The second kappa shape index (κ2) is 11.5. The van der Waals surface area contributed by atoms with E-state index in [2.05, 4.69) is 5.32 Å². The molecule has 0 saturated carbocycles. The number of amides is 2. The summed E-state index contributed by atoms with van der Waals surface area (Å²) in [6.45, 7) is 0.803. The molecule has 2 amide bonds. The molecule has 0 aliphatic carbocycles. The van der Waals surface area contributed by atoms with Gasteiger partial charge in [-0.2, -0.15) is 0 Å². The summed E-state index contributed by atoms with van der Waals surface area (Å²) < 4.78 is 22.2. The van der Waals surface area contributed by atoms with Gasteiger partial charge in [0.05, 0.1) is 21.3 Å². The average molecular weight is 491 g/mol. The molecule has 3 aromatic rings. The minimum absolute atomic E-state index is 0.229. The van der Waals surface area contributed by atoms with Crippen LogP contribution in [-0.4, -0.2) is 50.6 Å². The predicted octanol–water partition coefficient (Wildman–Crippen LogP) is 4.53. The number of ether oxygens (including phenoxy) is 4. The number of methoxy groups -OCH3 is 3. The Balaban J connectivity index is 1.52. The largest absolute Gasteiger partial charge is 0.497 e. The van der Waals surface area contributed by atoms with Gasteiger partial charge < -0.3 is 29.2 Å². The molecular formula is C28H30N2O6. The second-order valence-corrected chi connectivity index (χ2v) is 8.36. The smallest absolute Gasteiger partial charge is 0.254 e. The van der Waals surface area contributed by atoms with E-state index in [-0.39, 0.29) is 11.8 Å². The van der Waals surface area contributed by atoms with Crippen molar-refractivity contribution in [2.75, 3.05) is 33.2 Å². The summed E-state index contributed by atoms with van der Waals surface area (Å²) in [5.41, 5.74) is 1.99. The monoisotopic (exact) mass is 490 g/mol. The maximum absolute atomic E-state index is 13.5. The van der Waals surface area contributed by atoms with Gasteiger partial charge in [0.25, 0.3) is 5.91 Å². The Bertz CT molecular complexity index is 1170. The molecular weight excluding hydrogens is 460 g/mol. The topological polar surface area (TPSA) is 86.3 Å². The fourth-order valence-electron chi connectivity index (χ4n) is 4.22. The zero-order valence-electron chi connectivity index (χ0n) is 20.7. The molecule has 8 heteroatoms. The number of benzene rings is 3. The minimum Gasteiger partial charge on any atom is -0.497 e. The Morgan fingerprint density at radius 3 is 2.19 bits per heavy atom. The van der Waals surface area contributed by atoms with Crippen LogP contribution in [0.2, 0.25) is 0 Å². The van der Waals surface area contributed by atoms with Crippen LogP contribution >= 0.6 is 0 Å². The maximum Gasteiger partial charge on any atom is 0.254 e. The third-order valence-electron chi connectivity index (χ3n) is 6.11. The molecule has 36 heavy (non-hydrogen) atoms. The lowest BCUT2D eigenvalue weighted by molar-refractivity contribution is -0.119. The SMILES string of the molecule is COc1ccc(NC(=O)C2CCCN2C(=O)c2cc(OC)c(OCc3ccccc3)c(OC)c2)cc1. The van der Waals surface area contributed by atoms with Crippen molar-refractivity contribution in [3.05, 3.63) is 77.9 Å². The van der Waals surface area contributed by atoms with Gasteiger partial charge >= 0.3 is 0 Å². The lowest BCUT2D eigenvalue weighted by atomic mass is 10.1. The van der Waals surface area contributed by atoms with E-state index in [1.54, 1.807) is 48.4 Å². The molecule has 1 atom stereocenters. The summed E-state index contributed by atoms with van der Waals surface area (Å²) in [5, 5.41) is 2.90. The highest BCUT2D eigenvalue weighted by atomic mass is 16.5. The molecule has 1 fully saturated rings. The van der Waals surface area contributed by atoms with Crippen molar-refractivity contribution in [3.8, 4) is 23.0 Å². The van der Waals surface area contributed by atoms with Gasteiger partial charge in [-0.15, -0.1) is 0 Å². The zero-order valence-corrected chi connectivity index (χ0v) is 20.7. The van der Waals surface area contributed by atoms with Crippen molar-refractivity contribution in [2.45, 2.75) is 25.5 Å². The van der Waals surface area contributed by atoms with Crippen molar-refractivity contribution >= 4 is 17.5 Å². The molecule has 0 aromatic heterocycles. The van der Waals surface area contributed by atoms with Crippen LogP contribution in [0, 0.1) is 0 Å². The molecule has 1 saturated heterocycles. The molecule has 1 heterocycles. The van der Waals surface area contributed by atoms with Crippen molar-refractivity contribution in [1.29, 1.82) is 0 Å². The summed E-state index contributed by atoms with van der Waals surface area (Å²) in [4.78, 5) is 28.1. The summed E-state index contributed by atoms with van der Waals surface area (Å²) in [6, 6.07) is 19.5. The number of nitrogens with one attached hydrogen (secondary N) is 1. The van der Waals surface area contributed by atoms with Crippen molar-refractivity contribution in [1.82, 2.24) is 4.90 Å². The van der Waals surface area contributed by atoms with Crippen LogP contribution in [0.3, 0.4) is 0 Å². The fourth-order valence-corrected chi connectivity index (χ4v) is 4.22. The van der Waals surface area contributed by atoms with Crippen LogP contribution in [0.4, 0.5) is 5.69 Å². The standard InChI is InChI=1S/C28H30N2O6/c1-33-22-13-11-21(12-14-22)29-27(31)23-10-7-15-30(23)28(32)20-16-24(34-2)26(25(17-20)35-3)36-18-19-8-5-4-6-9-19/h4-6,8-9,11-14,16-17,23H,7,10,15,18H2,1-3H3,(H,29,31). The summed E-state index contributed by atoms with van der Waals surface area (Å²) in [7, 11) is 4.61. The van der Waals surface area contributed by atoms with E-state index < -0.39 is 6.04 Å². The van der Waals surface area contributed by atoms with Gasteiger partial charge in [0.2, 0.25) is 11.7 Å². The van der Waals surface area contributed by atoms with E-state index in [1.165, 1.54) is 14.2 Å². The third-order valence-corrected chi connectivity index (χ3v) is 6.11. The quantitative estimate of drug-likeness (QED) is 0.474. The molecule has 0 radical (unpaired) electrons. The first kappa shape index (κ1) is 24.9. The molecule has 0 spiro atoms. The predicted molar refractivity (Wildman–Crippen MR) is 136 cm³/mol. The number of anilines is 1. The Kier molecular flexibility index (Phi) is 7.95. The minimum atomic E-state index is -0.578. The van der Waals surface area contributed by atoms with E-state index in [0.29, 0.717) is 53.8 Å². The number of carbonyl (C=O) groups excluding carboxylic acids is 2. The van der Waals surface area contributed by atoms with Gasteiger partial charge in [0, 0.05) is 17.8 Å². The highest BCUT2D eigenvalue weighted by Gasteiger charge is 2.35. The molecule has 188 valence electrons. The summed E-state index contributed by atoms with van der Waals surface area (Å²) in [6.07, 6.45) is 1.32. The number of carbonyl (C=O) groups is 2. The van der Waals surface area contributed by atoms with Gasteiger partial charge in [0.1, 0.15) is 18.4 Å². The average Bonchev–Trinajstić information content (AvgIpc) is 3.42. The van der Waals surface area contributed by atoms with Gasteiger partial charge in [0.15, 0.2) is 11.5 Å². The van der Waals surface area contributed by atoms with E-state index in [0.717, 1.165) is 12.0 Å². The van der Waals surface area contributed by atoms with Crippen LogP contribution in [0.25, 0.3) is 0 Å². The van der Waals surface area contributed by atoms with Crippen molar-refractivity contribution in [3.63, 3.8) is 0 Å². The lowest BCUT2D eigenvalue weighted by Gasteiger charge is -2.25. The van der Waals surface area contributed by atoms with Gasteiger partial charge in [-0.25, -0.2) is 0 Å². The lowest BCUT2D eigenvalue weighted by Crippen LogP contribution is -2.43. The fraction of sp³-hybridized carbons (Fsp3) is 0.286. The molecule has 4 rings (SSSR count). The van der Waals surface area contributed by atoms with Gasteiger partial charge in [-0.3, -0.25) is 9.59 Å². The molecule has 8 nitrogen and oxygen atoms in total. The third kappa shape index (κ3) is 5.54. The maximum atomic E-state index is 13.5. The number of rotatable bonds is 9. The molecule has 1 N–H and O–H groups in total. The highest BCUT2D eigenvalue weighted by molar-refractivity contribution is 6.02. The van der Waals surface area contributed by atoms with Gasteiger partial charge in [-0.05, 0) is 54.8 Å². The van der Waals surface area contributed by atoms with E-state index in [1.807, 2.05) is 30.3 Å². The number of hydrogen-bond acceptors (Lipinski definition) is 6. The Morgan fingerprint density at radius 1 is 0.917 bits per heavy atom.